The van der Waals surface area contributed by atoms with E-state index in [4.69, 9.17) is 9.05 Å². The van der Waals surface area contributed by atoms with Crippen LogP contribution in [0.25, 0.3) is 0 Å². The monoisotopic (exact) mass is 743 g/mol. The van der Waals surface area contributed by atoms with Gasteiger partial charge in [-0.1, -0.05) is 107 Å². The van der Waals surface area contributed by atoms with Gasteiger partial charge in [0, 0.05) is 18.8 Å². The average molecular weight is 744 g/mol. The number of phosphoric ester groups is 1. The molecule has 1 saturated carbocycles. The van der Waals surface area contributed by atoms with Crippen LogP contribution in [0, 0.1) is 11.8 Å². The molecule has 0 saturated heterocycles. The Bertz CT molecular complexity index is 1090. The van der Waals surface area contributed by atoms with E-state index in [-0.39, 0.29) is 31.3 Å². The molecule has 1 unspecified atom stereocenters. The molecule has 0 aliphatic heterocycles. The van der Waals surface area contributed by atoms with E-state index in [0.29, 0.717) is 30.3 Å². The third-order valence-corrected chi connectivity index (χ3v) is 10.1. The molecule has 11 nitrogen and oxygen atoms in total. The molecule has 12 heteroatoms. The summed E-state index contributed by atoms with van der Waals surface area (Å²) in [5, 5.41) is 45.0. The summed E-state index contributed by atoms with van der Waals surface area (Å²) in [5.74, 6) is -0.998. The third kappa shape index (κ3) is 23.6. The molecule has 296 valence electrons. The van der Waals surface area contributed by atoms with Crippen molar-refractivity contribution in [3.8, 4) is 0 Å². The van der Waals surface area contributed by atoms with E-state index in [1.54, 1.807) is 30.4 Å². The quantitative estimate of drug-likeness (QED) is 0.0229. The van der Waals surface area contributed by atoms with Crippen molar-refractivity contribution in [1.82, 2.24) is 5.32 Å². The summed E-state index contributed by atoms with van der Waals surface area (Å²) < 4.78 is 23.4. The Morgan fingerprint density at radius 2 is 1.53 bits per heavy atom. The van der Waals surface area contributed by atoms with Crippen LogP contribution in [0.3, 0.4) is 0 Å². The maximum atomic E-state index is 12.9. The number of quaternary nitrogens is 1. The summed E-state index contributed by atoms with van der Waals surface area (Å²) in [6.45, 7) is 4.34. The molecule has 0 radical (unpaired) electrons. The predicted octanol–water partition coefficient (Wildman–Crippen LogP) is 6.12. The summed E-state index contributed by atoms with van der Waals surface area (Å²) >= 11 is 0. The molecule has 0 aromatic rings. The number of likely N-dealkylation sites (N-methyl/N-ethyl adjacent to an activating group) is 1. The van der Waals surface area contributed by atoms with Crippen LogP contribution in [0.2, 0.25) is 0 Å². The van der Waals surface area contributed by atoms with Crippen LogP contribution in [0.15, 0.2) is 48.6 Å². The zero-order valence-electron chi connectivity index (χ0n) is 32.2. The van der Waals surface area contributed by atoms with Crippen LogP contribution < -0.4 is 5.32 Å². The van der Waals surface area contributed by atoms with Gasteiger partial charge < -0.3 is 35.1 Å². The second kappa shape index (κ2) is 27.0. The molecule has 1 fully saturated rings. The van der Waals surface area contributed by atoms with Gasteiger partial charge in [-0.2, -0.15) is 0 Å². The highest BCUT2D eigenvalue weighted by Gasteiger charge is 2.39. The minimum absolute atomic E-state index is 0.00325. The minimum Gasteiger partial charge on any atom is -0.393 e. The molecule has 0 aromatic heterocycles. The first-order valence-electron chi connectivity index (χ1n) is 19.3. The van der Waals surface area contributed by atoms with Gasteiger partial charge in [0.2, 0.25) is 5.91 Å². The summed E-state index contributed by atoms with van der Waals surface area (Å²) in [4.78, 5) is 23.2. The number of unbranched alkanes of at least 4 members (excludes halogenated alkanes) is 8. The van der Waals surface area contributed by atoms with Crippen molar-refractivity contribution < 1.29 is 48.2 Å². The molecular formula is C39H72N2O9P+. The SMILES string of the molecule is CCCCCCC/C=C\CC/C=C/[C@@H](O)[C@H](COP(=O)(O)OCC[N+](C)(C)C)NC(=O)C/C=C\C[C@H]1[C@@H](/C=C/[C@H](O)CCCCC)[C@H](O)C[C@@H]1O. The van der Waals surface area contributed by atoms with Gasteiger partial charge in [0.25, 0.3) is 0 Å². The lowest BCUT2D eigenvalue weighted by Gasteiger charge is -2.25. The molecule has 1 aliphatic rings. The fourth-order valence-corrected chi connectivity index (χ4v) is 6.64. The van der Waals surface area contributed by atoms with E-state index in [9.17, 15) is 34.7 Å². The number of carbonyl (C=O) groups is 1. The first-order chi connectivity index (χ1) is 24.2. The largest absolute Gasteiger partial charge is 0.472 e. The van der Waals surface area contributed by atoms with Gasteiger partial charge in [0.05, 0.1) is 58.2 Å². The van der Waals surface area contributed by atoms with Crippen LogP contribution in [-0.4, -0.2) is 107 Å². The highest BCUT2D eigenvalue weighted by Crippen LogP contribution is 2.43. The van der Waals surface area contributed by atoms with Crippen molar-refractivity contribution in [2.24, 2.45) is 11.8 Å². The highest BCUT2D eigenvalue weighted by molar-refractivity contribution is 7.47. The number of carbonyl (C=O) groups excluding carboxylic acids is 1. The fourth-order valence-electron chi connectivity index (χ4n) is 5.90. The lowest BCUT2D eigenvalue weighted by molar-refractivity contribution is -0.870. The van der Waals surface area contributed by atoms with Crippen LogP contribution in [-0.2, 0) is 18.4 Å². The van der Waals surface area contributed by atoms with Gasteiger partial charge in [-0.15, -0.1) is 0 Å². The molecule has 0 bridgehead atoms. The maximum absolute atomic E-state index is 12.9. The molecule has 1 rings (SSSR count). The molecule has 51 heavy (non-hydrogen) atoms. The first kappa shape index (κ1) is 47.4. The molecule has 0 heterocycles. The number of hydrogen-bond donors (Lipinski definition) is 6. The predicted molar refractivity (Wildman–Crippen MR) is 205 cm³/mol. The molecule has 1 aliphatic carbocycles. The molecular weight excluding hydrogens is 671 g/mol. The van der Waals surface area contributed by atoms with Crippen LogP contribution in [0.4, 0.5) is 0 Å². The second-order valence-electron chi connectivity index (χ2n) is 14.9. The van der Waals surface area contributed by atoms with Crippen molar-refractivity contribution in [2.45, 2.75) is 141 Å². The average Bonchev–Trinajstić information content (AvgIpc) is 3.33. The van der Waals surface area contributed by atoms with E-state index < -0.39 is 50.8 Å². The number of nitrogens with one attached hydrogen (secondary N) is 1. The van der Waals surface area contributed by atoms with Gasteiger partial charge in [-0.25, -0.2) is 4.57 Å². The van der Waals surface area contributed by atoms with Crippen molar-refractivity contribution in [1.29, 1.82) is 0 Å². The summed E-state index contributed by atoms with van der Waals surface area (Å²) in [5.41, 5.74) is 0. The van der Waals surface area contributed by atoms with Crippen molar-refractivity contribution >= 4 is 13.7 Å². The molecule has 6 N–H and O–H groups in total. The molecule has 8 atom stereocenters. The van der Waals surface area contributed by atoms with Crippen molar-refractivity contribution in [3.05, 3.63) is 48.6 Å². The van der Waals surface area contributed by atoms with Crippen LogP contribution >= 0.6 is 7.82 Å². The standard InChI is InChI=1S/C39H71N2O9P/c1-6-8-10-11-12-13-14-15-16-17-19-24-36(43)35(31-50-51(47,48)49-29-28-41(3,4)5)40-39(46)25-21-20-23-33-34(38(45)30-37(33)44)27-26-32(42)22-18-9-7-2/h14-15,19-21,24,26-27,32-38,42-45H,6-13,16-18,22-23,25,28-31H2,1-5H3,(H-,40,46,47,48)/p+1/b15-14-,21-20-,24-19+,27-26+/t32-,33+,34-,35+,36-,37+,38-/m1/s1. The molecule has 1 amide bonds. The smallest absolute Gasteiger partial charge is 0.393 e. The zero-order valence-corrected chi connectivity index (χ0v) is 33.0. The second-order valence-corrected chi connectivity index (χ2v) is 16.4. The van der Waals surface area contributed by atoms with Crippen molar-refractivity contribution in [2.75, 3.05) is 40.9 Å². The van der Waals surface area contributed by atoms with E-state index in [2.05, 4.69) is 31.3 Å². The Hall–Kier alpha value is -1.66. The summed E-state index contributed by atoms with van der Waals surface area (Å²) in [6.07, 6.45) is 24.6. The topological polar surface area (TPSA) is 166 Å². The lowest BCUT2D eigenvalue weighted by Crippen LogP contribution is -2.45. The maximum Gasteiger partial charge on any atom is 0.472 e. The van der Waals surface area contributed by atoms with Gasteiger partial charge in [0.15, 0.2) is 0 Å². The number of nitrogens with zero attached hydrogens (tertiary/aromatic N) is 1. The van der Waals surface area contributed by atoms with Gasteiger partial charge >= 0.3 is 7.82 Å². The zero-order chi connectivity index (χ0) is 38.1. The normalized spacial score (nSPS) is 23.1. The minimum atomic E-state index is -4.43. The number of aliphatic hydroxyl groups excluding tert-OH is 4. The number of aliphatic hydroxyl groups is 4. The van der Waals surface area contributed by atoms with Crippen molar-refractivity contribution in [3.63, 3.8) is 0 Å². The Labute approximate surface area is 308 Å². The van der Waals surface area contributed by atoms with Gasteiger partial charge in [-0.05, 0) is 44.4 Å². The number of amides is 1. The number of allylic oxidation sites excluding steroid dienone is 4. The highest BCUT2D eigenvalue weighted by atomic mass is 31.2. The Morgan fingerprint density at radius 3 is 2.24 bits per heavy atom. The van der Waals surface area contributed by atoms with Gasteiger partial charge in [0.1, 0.15) is 13.2 Å². The number of rotatable bonds is 29. The van der Waals surface area contributed by atoms with Gasteiger partial charge in [-0.3, -0.25) is 13.8 Å². The van der Waals surface area contributed by atoms with Crippen LogP contribution in [0.5, 0.6) is 0 Å². The number of phosphoric acid groups is 1. The third-order valence-electron chi connectivity index (χ3n) is 9.12. The Kier molecular flexibility index (Phi) is 25.1. The molecule has 0 aromatic carbocycles. The van der Waals surface area contributed by atoms with E-state index in [0.717, 1.165) is 32.1 Å². The lowest BCUT2D eigenvalue weighted by atomic mass is 9.89. The van der Waals surface area contributed by atoms with Crippen LogP contribution in [0.1, 0.15) is 110 Å². The molecule has 0 spiro atoms. The fraction of sp³-hybridized carbons (Fsp3) is 0.769. The number of hydrogen-bond acceptors (Lipinski definition) is 8. The Balaban J connectivity index is 2.76. The van der Waals surface area contributed by atoms with E-state index in [1.165, 1.54) is 32.1 Å². The summed E-state index contributed by atoms with van der Waals surface area (Å²) in [7, 11) is 1.35. The van der Waals surface area contributed by atoms with E-state index in [1.807, 2.05) is 27.2 Å². The van der Waals surface area contributed by atoms with E-state index >= 15 is 0 Å². The first-order valence-corrected chi connectivity index (χ1v) is 20.8. The Morgan fingerprint density at radius 1 is 0.863 bits per heavy atom. The summed E-state index contributed by atoms with van der Waals surface area (Å²) in [6, 6.07) is -1.01.